The molecule has 1 heterocycles. The van der Waals surface area contributed by atoms with Gasteiger partial charge in [-0.25, -0.2) is 0 Å². The minimum Gasteiger partial charge on any atom is -0.469 e. The fraction of sp³-hybridized carbons (Fsp3) is 0.727. The fourth-order valence-corrected chi connectivity index (χ4v) is 2.06. The second-order valence-electron chi connectivity index (χ2n) is 4.13. The standard InChI is InChI=1S/C11H16N2O3/c1-15-10(14)7-9-12-11(13-16-9)8-5-3-2-4-6-8/h8H,2-7H2,1H3. The van der Waals surface area contributed by atoms with Gasteiger partial charge in [0, 0.05) is 5.92 Å². The summed E-state index contributed by atoms with van der Waals surface area (Å²) in [6.07, 6.45) is 6.06. The van der Waals surface area contributed by atoms with Crippen LogP contribution in [0.1, 0.15) is 49.7 Å². The molecule has 0 N–H and O–H groups in total. The predicted octanol–water partition coefficient (Wildman–Crippen LogP) is 1.83. The Kier molecular flexibility index (Phi) is 3.54. The van der Waals surface area contributed by atoms with Gasteiger partial charge in [-0.15, -0.1) is 0 Å². The number of methoxy groups -OCH3 is 1. The van der Waals surface area contributed by atoms with Crippen LogP contribution in [-0.2, 0) is 16.0 Å². The summed E-state index contributed by atoms with van der Waals surface area (Å²) in [6, 6.07) is 0. The Labute approximate surface area is 94.2 Å². The molecule has 0 aliphatic heterocycles. The maximum atomic E-state index is 11.0. The SMILES string of the molecule is COC(=O)Cc1nc(C2CCCCC2)no1. The van der Waals surface area contributed by atoms with Crippen LogP contribution in [0.3, 0.4) is 0 Å². The van der Waals surface area contributed by atoms with Crippen LogP contribution in [0, 0.1) is 0 Å². The minimum atomic E-state index is -0.348. The van der Waals surface area contributed by atoms with Crippen molar-refractivity contribution in [3.05, 3.63) is 11.7 Å². The Bertz CT molecular complexity index is 356. The first-order valence-electron chi connectivity index (χ1n) is 5.69. The summed E-state index contributed by atoms with van der Waals surface area (Å²) in [7, 11) is 1.35. The molecule has 1 saturated carbocycles. The van der Waals surface area contributed by atoms with E-state index in [2.05, 4.69) is 14.9 Å². The first-order valence-corrected chi connectivity index (χ1v) is 5.69. The van der Waals surface area contributed by atoms with Gasteiger partial charge in [0.15, 0.2) is 5.82 Å². The molecule has 0 bridgehead atoms. The van der Waals surface area contributed by atoms with Gasteiger partial charge in [0.25, 0.3) is 0 Å². The molecule has 0 atom stereocenters. The van der Waals surface area contributed by atoms with Crippen LogP contribution in [0.2, 0.25) is 0 Å². The molecule has 0 spiro atoms. The van der Waals surface area contributed by atoms with Crippen LogP contribution in [0.4, 0.5) is 0 Å². The van der Waals surface area contributed by atoms with Crippen molar-refractivity contribution in [1.29, 1.82) is 0 Å². The molecular weight excluding hydrogens is 208 g/mol. The summed E-state index contributed by atoms with van der Waals surface area (Å²) >= 11 is 0. The van der Waals surface area contributed by atoms with Crippen molar-refractivity contribution in [1.82, 2.24) is 10.1 Å². The normalized spacial score (nSPS) is 17.3. The Hall–Kier alpha value is -1.39. The molecule has 0 radical (unpaired) electrons. The van der Waals surface area contributed by atoms with Gasteiger partial charge in [0.1, 0.15) is 6.42 Å². The van der Waals surface area contributed by atoms with Crippen LogP contribution in [0.25, 0.3) is 0 Å². The molecule has 0 aromatic carbocycles. The number of aromatic nitrogens is 2. The first-order chi connectivity index (χ1) is 7.79. The van der Waals surface area contributed by atoms with E-state index in [1.165, 1.54) is 26.4 Å². The molecule has 5 nitrogen and oxygen atoms in total. The summed E-state index contributed by atoms with van der Waals surface area (Å²) in [5, 5.41) is 3.93. The lowest BCUT2D eigenvalue weighted by Crippen LogP contribution is -2.07. The summed E-state index contributed by atoms with van der Waals surface area (Å²) in [4.78, 5) is 15.3. The largest absolute Gasteiger partial charge is 0.469 e. The third-order valence-electron chi connectivity index (χ3n) is 2.98. The van der Waals surface area contributed by atoms with E-state index in [0.717, 1.165) is 18.7 Å². The van der Waals surface area contributed by atoms with Gasteiger partial charge in [0.05, 0.1) is 7.11 Å². The molecule has 1 aliphatic rings. The second kappa shape index (κ2) is 5.09. The molecule has 16 heavy (non-hydrogen) atoms. The maximum Gasteiger partial charge on any atom is 0.315 e. The maximum absolute atomic E-state index is 11.0. The van der Waals surface area contributed by atoms with E-state index < -0.39 is 0 Å². The number of esters is 1. The minimum absolute atomic E-state index is 0.0657. The summed E-state index contributed by atoms with van der Waals surface area (Å²) < 4.78 is 9.57. The average Bonchev–Trinajstić information content (AvgIpc) is 2.78. The van der Waals surface area contributed by atoms with E-state index >= 15 is 0 Å². The van der Waals surface area contributed by atoms with Crippen molar-refractivity contribution in [3.63, 3.8) is 0 Å². The van der Waals surface area contributed by atoms with Gasteiger partial charge in [-0.3, -0.25) is 4.79 Å². The van der Waals surface area contributed by atoms with E-state index in [-0.39, 0.29) is 12.4 Å². The molecule has 0 saturated heterocycles. The highest BCUT2D eigenvalue weighted by atomic mass is 16.5. The quantitative estimate of drug-likeness (QED) is 0.733. The van der Waals surface area contributed by atoms with Crippen molar-refractivity contribution in [3.8, 4) is 0 Å². The number of carbonyl (C=O) groups excluding carboxylic acids is 1. The lowest BCUT2D eigenvalue weighted by molar-refractivity contribution is -0.140. The van der Waals surface area contributed by atoms with Crippen LogP contribution in [-0.4, -0.2) is 23.2 Å². The smallest absolute Gasteiger partial charge is 0.315 e. The van der Waals surface area contributed by atoms with Gasteiger partial charge >= 0.3 is 5.97 Å². The third-order valence-corrected chi connectivity index (χ3v) is 2.98. The van der Waals surface area contributed by atoms with Crippen molar-refractivity contribution in [2.45, 2.75) is 44.4 Å². The zero-order chi connectivity index (χ0) is 11.4. The van der Waals surface area contributed by atoms with Crippen LogP contribution in [0.5, 0.6) is 0 Å². The zero-order valence-electron chi connectivity index (χ0n) is 9.44. The van der Waals surface area contributed by atoms with Gasteiger partial charge in [-0.2, -0.15) is 4.98 Å². The van der Waals surface area contributed by atoms with Gasteiger partial charge in [-0.1, -0.05) is 24.4 Å². The monoisotopic (exact) mass is 224 g/mol. The fourth-order valence-electron chi connectivity index (χ4n) is 2.06. The third kappa shape index (κ3) is 2.59. The van der Waals surface area contributed by atoms with E-state index in [0.29, 0.717) is 11.8 Å². The van der Waals surface area contributed by atoms with E-state index in [1.54, 1.807) is 0 Å². The molecule has 2 rings (SSSR count). The van der Waals surface area contributed by atoms with Crippen LogP contribution >= 0.6 is 0 Å². The van der Waals surface area contributed by atoms with Crippen LogP contribution < -0.4 is 0 Å². The Morgan fingerprint density at radius 3 is 2.88 bits per heavy atom. The first kappa shape index (κ1) is 11.1. The molecular formula is C11H16N2O3. The number of rotatable bonds is 3. The highest BCUT2D eigenvalue weighted by molar-refractivity contribution is 5.71. The van der Waals surface area contributed by atoms with E-state index in [1.807, 2.05) is 0 Å². The highest BCUT2D eigenvalue weighted by Gasteiger charge is 2.21. The van der Waals surface area contributed by atoms with E-state index in [4.69, 9.17) is 4.52 Å². The van der Waals surface area contributed by atoms with Crippen molar-refractivity contribution in [2.24, 2.45) is 0 Å². The number of nitrogens with zero attached hydrogens (tertiary/aromatic N) is 2. The second-order valence-corrected chi connectivity index (χ2v) is 4.13. The van der Waals surface area contributed by atoms with Crippen molar-refractivity contribution >= 4 is 5.97 Å². The average molecular weight is 224 g/mol. The lowest BCUT2D eigenvalue weighted by atomic mass is 9.89. The Morgan fingerprint density at radius 1 is 1.44 bits per heavy atom. The Balaban J connectivity index is 1.98. The molecule has 5 heteroatoms. The number of ether oxygens (including phenoxy) is 1. The molecule has 1 fully saturated rings. The van der Waals surface area contributed by atoms with E-state index in [9.17, 15) is 4.79 Å². The number of hydrogen-bond acceptors (Lipinski definition) is 5. The summed E-state index contributed by atoms with van der Waals surface area (Å²) in [6.45, 7) is 0. The summed E-state index contributed by atoms with van der Waals surface area (Å²) in [5.41, 5.74) is 0. The molecule has 0 amide bonds. The number of hydrogen-bond donors (Lipinski definition) is 0. The topological polar surface area (TPSA) is 65.2 Å². The van der Waals surface area contributed by atoms with Gasteiger partial charge in [-0.05, 0) is 12.8 Å². The van der Waals surface area contributed by atoms with Gasteiger partial charge in [0.2, 0.25) is 5.89 Å². The van der Waals surface area contributed by atoms with Crippen molar-refractivity contribution < 1.29 is 14.1 Å². The Morgan fingerprint density at radius 2 is 2.19 bits per heavy atom. The molecule has 1 aliphatic carbocycles. The summed E-state index contributed by atoms with van der Waals surface area (Å²) in [5.74, 6) is 1.16. The number of carbonyl (C=O) groups is 1. The van der Waals surface area contributed by atoms with Crippen molar-refractivity contribution in [2.75, 3.05) is 7.11 Å². The molecule has 0 unspecified atom stereocenters. The molecule has 1 aromatic heterocycles. The highest BCUT2D eigenvalue weighted by Crippen LogP contribution is 2.30. The zero-order valence-corrected chi connectivity index (χ0v) is 9.44. The predicted molar refractivity (Wildman–Crippen MR) is 55.8 cm³/mol. The lowest BCUT2D eigenvalue weighted by Gasteiger charge is -2.17. The molecule has 1 aromatic rings. The van der Waals surface area contributed by atoms with Crippen LogP contribution in [0.15, 0.2) is 4.52 Å². The van der Waals surface area contributed by atoms with Gasteiger partial charge < -0.3 is 9.26 Å². The molecule has 88 valence electrons.